The minimum Gasteiger partial charge on any atom is -0.351 e. The molecular weight excluding hydrogens is 234 g/mol. The van der Waals surface area contributed by atoms with Crippen LogP contribution in [0.4, 0.5) is 5.82 Å². The monoisotopic (exact) mass is 253 g/mol. The molecule has 1 aliphatic heterocycles. The van der Waals surface area contributed by atoms with Crippen LogP contribution in [0, 0.1) is 0 Å². The minimum absolute atomic E-state index is 0.493. The molecule has 1 atom stereocenters. The number of anilines is 1. The molecule has 19 heavy (non-hydrogen) atoms. The summed E-state index contributed by atoms with van der Waals surface area (Å²) in [5.41, 5.74) is 2.22. The van der Waals surface area contributed by atoms with Gasteiger partial charge in [0.1, 0.15) is 5.82 Å². The smallest absolute Gasteiger partial charge is 0.129 e. The van der Waals surface area contributed by atoms with Crippen molar-refractivity contribution in [3.63, 3.8) is 0 Å². The number of aromatic nitrogens is 1. The van der Waals surface area contributed by atoms with Crippen LogP contribution < -0.4 is 10.2 Å². The van der Waals surface area contributed by atoms with E-state index in [1.54, 1.807) is 0 Å². The molecule has 0 aliphatic carbocycles. The Morgan fingerprint density at radius 1 is 1.11 bits per heavy atom. The molecule has 3 heteroatoms. The molecule has 2 aromatic rings. The van der Waals surface area contributed by atoms with Gasteiger partial charge in [-0.25, -0.2) is 4.98 Å². The molecule has 3 nitrogen and oxygen atoms in total. The van der Waals surface area contributed by atoms with Gasteiger partial charge in [0.25, 0.3) is 0 Å². The summed E-state index contributed by atoms with van der Waals surface area (Å²) in [4.78, 5) is 7.19. The minimum atomic E-state index is 0.493. The molecule has 0 spiro atoms. The van der Waals surface area contributed by atoms with Gasteiger partial charge in [0.2, 0.25) is 0 Å². The fraction of sp³-hybridized carbons (Fsp3) is 0.312. The van der Waals surface area contributed by atoms with Crippen molar-refractivity contribution in [2.45, 2.75) is 13.0 Å². The number of nitrogens with one attached hydrogen (secondary N) is 1. The Kier molecular flexibility index (Phi) is 3.47. The van der Waals surface area contributed by atoms with Crippen molar-refractivity contribution in [2.75, 3.05) is 24.5 Å². The maximum absolute atomic E-state index is 4.82. The van der Waals surface area contributed by atoms with E-state index in [2.05, 4.69) is 59.6 Å². The third-order valence-electron chi connectivity index (χ3n) is 3.60. The van der Waals surface area contributed by atoms with Gasteiger partial charge in [-0.1, -0.05) is 36.4 Å². The highest BCUT2D eigenvalue weighted by atomic mass is 15.3. The number of hydrogen-bond acceptors (Lipinski definition) is 3. The van der Waals surface area contributed by atoms with Crippen LogP contribution in [0.25, 0.3) is 11.3 Å². The standard InChI is InChI=1S/C16H19N3/c1-13-12-17-10-11-19(13)16-9-5-8-15(18-16)14-6-3-2-4-7-14/h2-9,13,17H,10-12H2,1H3/t13-/m1/s1. The molecule has 2 heterocycles. The van der Waals surface area contributed by atoms with Crippen molar-refractivity contribution in [1.82, 2.24) is 10.3 Å². The van der Waals surface area contributed by atoms with E-state index in [-0.39, 0.29) is 0 Å². The van der Waals surface area contributed by atoms with Crippen LogP contribution in [0.15, 0.2) is 48.5 Å². The first kappa shape index (κ1) is 12.2. The van der Waals surface area contributed by atoms with Crippen LogP contribution >= 0.6 is 0 Å². The van der Waals surface area contributed by atoms with Crippen molar-refractivity contribution < 1.29 is 0 Å². The second-order valence-electron chi connectivity index (χ2n) is 4.99. The molecule has 0 saturated carbocycles. The number of benzene rings is 1. The molecule has 0 unspecified atom stereocenters. The summed E-state index contributed by atoms with van der Waals surface area (Å²) < 4.78 is 0. The zero-order valence-corrected chi connectivity index (χ0v) is 11.2. The van der Waals surface area contributed by atoms with E-state index in [4.69, 9.17) is 4.98 Å². The Hall–Kier alpha value is -1.87. The molecule has 0 bridgehead atoms. The molecule has 3 rings (SSSR count). The summed E-state index contributed by atoms with van der Waals surface area (Å²) in [6.45, 7) is 5.31. The lowest BCUT2D eigenvalue weighted by Crippen LogP contribution is -2.50. The lowest BCUT2D eigenvalue weighted by molar-refractivity contribution is 0.497. The van der Waals surface area contributed by atoms with Crippen LogP contribution in [0.2, 0.25) is 0 Å². The Morgan fingerprint density at radius 2 is 1.95 bits per heavy atom. The SMILES string of the molecule is C[C@@H]1CNCCN1c1cccc(-c2ccccc2)n1. The van der Waals surface area contributed by atoms with Crippen LogP contribution in [0.1, 0.15) is 6.92 Å². The molecule has 1 aromatic heterocycles. The van der Waals surface area contributed by atoms with Gasteiger partial charge in [0.15, 0.2) is 0 Å². The van der Waals surface area contributed by atoms with Gasteiger partial charge in [-0.15, -0.1) is 0 Å². The van der Waals surface area contributed by atoms with Crippen LogP contribution in [0.3, 0.4) is 0 Å². The number of pyridine rings is 1. The van der Waals surface area contributed by atoms with E-state index >= 15 is 0 Å². The molecule has 98 valence electrons. The fourth-order valence-corrected chi connectivity index (χ4v) is 2.53. The Bertz CT molecular complexity index is 539. The summed E-state index contributed by atoms with van der Waals surface area (Å²) in [7, 11) is 0. The van der Waals surface area contributed by atoms with Crippen molar-refractivity contribution in [2.24, 2.45) is 0 Å². The quantitative estimate of drug-likeness (QED) is 0.891. The molecule has 1 aromatic carbocycles. The first-order valence-corrected chi connectivity index (χ1v) is 6.84. The fourth-order valence-electron chi connectivity index (χ4n) is 2.53. The zero-order chi connectivity index (χ0) is 13.1. The summed E-state index contributed by atoms with van der Waals surface area (Å²) in [5.74, 6) is 1.08. The average molecular weight is 253 g/mol. The highest BCUT2D eigenvalue weighted by molar-refractivity contribution is 5.61. The molecule has 1 saturated heterocycles. The molecule has 1 N–H and O–H groups in total. The van der Waals surface area contributed by atoms with Crippen molar-refractivity contribution in [3.8, 4) is 11.3 Å². The first-order valence-electron chi connectivity index (χ1n) is 6.84. The maximum atomic E-state index is 4.82. The van der Waals surface area contributed by atoms with Crippen LogP contribution in [0.5, 0.6) is 0 Å². The van der Waals surface area contributed by atoms with Gasteiger partial charge >= 0.3 is 0 Å². The Morgan fingerprint density at radius 3 is 2.74 bits per heavy atom. The number of rotatable bonds is 2. The zero-order valence-electron chi connectivity index (χ0n) is 11.2. The molecule has 0 amide bonds. The average Bonchev–Trinajstić information content (AvgIpc) is 2.49. The van der Waals surface area contributed by atoms with Crippen LogP contribution in [-0.2, 0) is 0 Å². The second kappa shape index (κ2) is 5.41. The number of nitrogens with zero attached hydrogens (tertiary/aromatic N) is 2. The molecule has 1 aliphatic rings. The predicted octanol–water partition coefficient (Wildman–Crippen LogP) is 2.55. The van der Waals surface area contributed by atoms with Gasteiger partial charge in [0, 0.05) is 31.2 Å². The molecule has 0 radical (unpaired) electrons. The Labute approximate surface area is 114 Å². The Balaban J connectivity index is 1.91. The van der Waals surface area contributed by atoms with Gasteiger partial charge in [-0.2, -0.15) is 0 Å². The van der Waals surface area contributed by atoms with Gasteiger partial charge in [0.05, 0.1) is 5.69 Å². The van der Waals surface area contributed by atoms with Crippen molar-refractivity contribution in [1.29, 1.82) is 0 Å². The molecular formula is C16H19N3. The number of hydrogen-bond donors (Lipinski definition) is 1. The summed E-state index contributed by atoms with van der Waals surface area (Å²) in [5, 5.41) is 3.41. The largest absolute Gasteiger partial charge is 0.351 e. The third kappa shape index (κ3) is 2.61. The van der Waals surface area contributed by atoms with E-state index in [0.717, 1.165) is 31.1 Å². The maximum Gasteiger partial charge on any atom is 0.129 e. The third-order valence-corrected chi connectivity index (χ3v) is 3.60. The van der Waals surface area contributed by atoms with Gasteiger partial charge in [-0.05, 0) is 19.1 Å². The second-order valence-corrected chi connectivity index (χ2v) is 4.99. The summed E-state index contributed by atoms with van der Waals surface area (Å²) in [6.07, 6.45) is 0. The van der Waals surface area contributed by atoms with E-state index in [0.29, 0.717) is 6.04 Å². The number of piperazine rings is 1. The topological polar surface area (TPSA) is 28.2 Å². The van der Waals surface area contributed by atoms with Crippen LogP contribution in [-0.4, -0.2) is 30.7 Å². The normalized spacial score (nSPS) is 19.4. The van der Waals surface area contributed by atoms with E-state index in [9.17, 15) is 0 Å². The first-order chi connectivity index (χ1) is 9.34. The lowest BCUT2D eigenvalue weighted by atomic mass is 10.1. The van der Waals surface area contributed by atoms with Crippen molar-refractivity contribution >= 4 is 5.82 Å². The lowest BCUT2D eigenvalue weighted by Gasteiger charge is -2.35. The summed E-state index contributed by atoms with van der Waals surface area (Å²) in [6, 6.07) is 17.1. The van der Waals surface area contributed by atoms with Crippen molar-refractivity contribution in [3.05, 3.63) is 48.5 Å². The highest BCUT2D eigenvalue weighted by Crippen LogP contribution is 2.22. The van der Waals surface area contributed by atoms with E-state index in [1.807, 2.05) is 6.07 Å². The highest BCUT2D eigenvalue weighted by Gasteiger charge is 2.19. The van der Waals surface area contributed by atoms with E-state index < -0.39 is 0 Å². The summed E-state index contributed by atoms with van der Waals surface area (Å²) >= 11 is 0. The van der Waals surface area contributed by atoms with E-state index in [1.165, 1.54) is 5.56 Å². The molecule has 1 fully saturated rings. The predicted molar refractivity (Wildman–Crippen MR) is 79.4 cm³/mol. The van der Waals surface area contributed by atoms with Gasteiger partial charge in [-0.3, -0.25) is 0 Å². The van der Waals surface area contributed by atoms with Gasteiger partial charge < -0.3 is 10.2 Å².